The number of likely N-dealkylation sites (tertiary alicyclic amines) is 1. The van der Waals surface area contributed by atoms with Crippen molar-refractivity contribution in [3.8, 4) is 5.75 Å². The summed E-state index contributed by atoms with van der Waals surface area (Å²) in [6, 6.07) is 10.9. The second kappa shape index (κ2) is 9.69. The Morgan fingerprint density at radius 2 is 1.79 bits per heavy atom. The van der Waals surface area contributed by atoms with E-state index in [0.29, 0.717) is 23.0 Å². The van der Waals surface area contributed by atoms with Crippen LogP contribution in [-0.2, 0) is 17.6 Å². The molecular formula is C22H25BrCl2N2O2. The molecule has 0 aromatic heterocycles. The highest BCUT2D eigenvalue weighted by atomic mass is 79.9. The summed E-state index contributed by atoms with van der Waals surface area (Å²) in [6.45, 7) is 3.64. The molecule has 1 saturated heterocycles. The first-order valence-electron chi connectivity index (χ1n) is 9.79. The van der Waals surface area contributed by atoms with E-state index in [2.05, 4.69) is 4.90 Å². The molecule has 2 aliphatic rings. The number of carbonyl (C=O) groups is 1. The van der Waals surface area contributed by atoms with Gasteiger partial charge < -0.3 is 14.9 Å². The Hall–Kier alpha value is -1.27. The molecule has 1 N–H and O–H groups in total. The van der Waals surface area contributed by atoms with E-state index in [1.807, 2.05) is 23.1 Å². The molecule has 2 aliphatic heterocycles. The van der Waals surface area contributed by atoms with Gasteiger partial charge in [-0.3, -0.25) is 4.79 Å². The van der Waals surface area contributed by atoms with Crippen molar-refractivity contribution in [1.82, 2.24) is 9.80 Å². The summed E-state index contributed by atoms with van der Waals surface area (Å²) in [5.41, 5.74) is 3.15. The highest BCUT2D eigenvalue weighted by Gasteiger charge is 2.33. The van der Waals surface area contributed by atoms with Crippen LogP contribution in [0.25, 0.3) is 0 Å². The lowest BCUT2D eigenvalue weighted by molar-refractivity contribution is -0.133. The summed E-state index contributed by atoms with van der Waals surface area (Å²) in [5, 5.41) is 11.0. The summed E-state index contributed by atoms with van der Waals surface area (Å²) >= 11 is 12.1. The van der Waals surface area contributed by atoms with E-state index in [0.717, 1.165) is 37.2 Å². The maximum absolute atomic E-state index is 13.2. The molecule has 156 valence electrons. The molecule has 0 radical (unpaired) electrons. The average Bonchev–Trinajstić information content (AvgIpc) is 3.18. The average molecular weight is 500 g/mol. The minimum Gasteiger partial charge on any atom is -0.508 e. The number of hydrogen-bond acceptors (Lipinski definition) is 3. The van der Waals surface area contributed by atoms with Gasteiger partial charge in [0.1, 0.15) is 5.75 Å². The van der Waals surface area contributed by atoms with Gasteiger partial charge in [0.15, 0.2) is 0 Å². The quantitative estimate of drug-likeness (QED) is 0.640. The summed E-state index contributed by atoms with van der Waals surface area (Å²) in [7, 11) is 0. The van der Waals surface area contributed by atoms with Crippen LogP contribution in [0.2, 0.25) is 10.0 Å². The van der Waals surface area contributed by atoms with Crippen LogP contribution in [0.4, 0.5) is 0 Å². The first-order valence-corrected chi connectivity index (χ1v) is 10.5. The van der Waals surface area contributed by atoms with E-state index in [9.17, 15) is 9.90 Å². The zero-order chi connectivity index (χ0) is 19.7. The van der Waals surface area contributed by atoms with Crippen molar-refractivity contribution < 1.29 is 9.90 Å². The smallest absolute Gasteiger partial charge is 0.227 e. The lowest BCUT2D eigenvalue weighted by Gasteiger charge is -2.39. The molecule has 0 bridgehead atoms. The molecule has 1 fully saturated rings. The van der Waals surface area contributed by atoms with Crippen LogP contribution in [0.1, 0.15) is 35.6 Å². The van der Waals surface area contributed by atoms with Crippen molar-refractivity contribution in [2.24, 2.45) is 0 Å². The summed E-state index contributed by atoms with van der Waals surface area (Å²) in [5.74, 6) is 0.334. The van der Waals surface area contributed by atoms with Crippen molar-refractivity contribution in [1.29, 1.82) is 0 Å². The third-order valence-corrected chi connectivity index (χ3v) is 6.52. The third kappa shape index (κ3) is 5.08. The number of aromatic hydroxyl groups is 1. The first kappa shape index (κ1) is 22.4. The Labute approximate surface area is 192 Å². The number of carbonyl (C=O) groups excluding carboxylic acids is 1. The van der Waals surface area contributed by atoms with Gasteiger partial charge in [-0.25, -0.2) is 0 Å². The number of hydrogen-bond donors (Lipinski definition) is 1. The van der Waals surface area contributed by atoms with Crippen LogP contribution in [0.15, 0.2) is 36.4 Å². The number of nitrogens with zero attached hydrogens (tertiary/aromatic N) is 2. The number of rotatable bonds is 4. The van der Waals surface area contributed by atoms with Crippen LogP contribution in [0, 0.1) is 0 Å². The zero-order valence-electron chi connectivity index (χ0n) is 16.1. The molecule has 7 heteroatoms. The maximum atomic E-state index is 13.2. The highest BCUT2D eigenvalue weighted by Crippen LogP contribution is 2.34. The largest absolute Gasteiger partial charge is 0.508 e. The molecule has 4 nitrogen and oxygen atoms in total. The van der Waals surface area contributed by atoms with E-state index in [4.69, 9.17) is 23.2 Å². The van der Waals surface area contributed by atoms with Crippen molar-refractivity contribution >= 4 is 46.1 Å². The molecule has 2 aromatic carbocycles. The normalized spacial score (nSPS) is 19.0. The molecule has 0 saturated carbocycles. The van der Waals surface area contributed by atoms with Gasteiger partial charge in [-0.05, 0) is 73.3 Å². The van der Waals surface area contributed by atoms with E-state index in [1.165, 1.54) is 18.4 Å². The molecule has 2 aromatic rings. The molecule has 1 unspecified atom stereocenters. The predicted molar refractivity (Wildman–Crippen MR) is 122 cm³/mol. The number of phenolic OH excluding ortho intramolecular Hbond substituents is 1. The number of fused-ring (bicyclic) bond motifs is 1. The molecular weight excluding hydrogens is 475 g/mol. The van der Waals surface area contributed by atoms with Crippen LogP contribution in [0.5, 0.6) is 5.75 Å². The maximum Gasteiger partial charge on any atom is 0.227 e. The second-order valence-corrected chi connectivity index (χ2v) is 8.48. The standard InChI is InChI=1S/C22H24Cl2N2O2.BrH/c23-19-6-3-15(11-20(19)24)12-22(28)26-10-7-16-4-5-17(27)13-18(16)21(26)14-25-8-1-2-9-25;/h3-6,11,13,21,27H,1-2,7-10,12,14H2;1H. The fourth-order valence-electron chi connectivity index (χ4n) is 4.32. The van der Waals surface area contributed by atoms with Crippen molar-refractivity contribution in [2.45, 2.75) is 31.7 Å². The van der Waals surface area contributed by atoms with Gasteiger partial charge in [-0.2, -0.15) is 0 Å². The summed E-state index contributed by atoms with van der Waals surface area (Å²) in [6.07, 6.45) is 3.51. The van der Waals surface area contributed by atoms with E-state index >= 15 is 0 Å². The van der Waals surface area contributed by atoms with Crippen LogP contribution in [-0.4, -0.2) is 47.0 Å². The summed E-state index contributed by atoms with van der Waals surface area (Å²) in [4.78, 5) is 17.6. The fraction of sp³-hybridized carbons (Fsp3) is 0.409. The van der Waals surface area contributed by atoms with Crippen molar-refractivity contribution in [3.05, 3.63) is 63.1 Å². The van der Waals surface area contributed by atoms with E-state index in [1.54, 1.807) is 18.2 Å². The number of phenols is 1. The minimum atomic E-state index is -0.0378. The number of halogens is 3. The lowest BCUT2D eigenvalue weighted by Crippen LogP contribution is -2.45. The van der Waals surface area contributed by atoms with Crippen LogP contribution in [0.3, 0.4) is 0 Å². The summed E-state index contributed by atoms with van der Waals surface area (Å²) < 4.78 is 0. The lowest BCUT2D eigenvalue weighted by atomic mass is 9.91. The van der Waals surface area contributed by atoms with E-state index < -0.39 is 0 Å². The predicted octanol–water partition coefficient (Wildman–Crippen LogP) is 5.04. The molecule has 0 spiro atoms. The van der Waals surface area contributed by atoms with Gasteiger partial charge in [-0.15, -0.1) is 17.0 Å². The molecule has 4 rings (SSSR count). The Kier molecular flexibility index (Phi) is 7.49. The molecule has 29 heavy (non-hydrogen) atoms. The van der Waals surface area contributed by atoms with Crippen LogP contribution < -0.4 is 0 Å². The first-order chi connectivity index (χ1) is 13.5. The van der Waals surface area contributed by atoms with Crippen LogP contribution >= 0.6 is 40.2 Å². The fourth-order valence-corrected chi connectivity index (χ4v) is 4.64. The SMILES string of the molecule is Br.O=C(Cc1ccc(Cl)c(Cl)c1)N1CCc2ccc(O)cc2C1CN1CCCC1. The number of amides is 1. The molecule has 1 atom stereocenters. The van der Waals surface area contributed by atoms with Gasteiger partial charge in [-0.1, -0.05) is 35.3 Å². The van der Waals surface area contributed by atoms with Gasteiger partial charge in [0.2, 0.25) is 5.91 Å². The van der Waals surface area contributed by atoms with Gasteiger partial charge in [0.25, 0.3) is 0 Å². The monoisotopic (exact) mass is 498 g/mol. The van der Waals surface area contributed by atoms with Gasteiger partial charge in [0, 0.05) is 13.1 Å². The third-order valence-electron chi connectivity index (χ3n) is 5.78. The minimum absolute atomic E-state index is 0. The Balaban J connectivity index is 0.00000240. The van der Waals surface area contributed by atoms with Gasteiger partial charge in [0.05, 0.1) is 22.5 Å². The Bertz CT molecular complexity index is 887. The van der Waals surface area contributed by atoms with Crippen molar-refractivity contribution in [2.75, 3.05) is 26.2 Å². The van der Waals surface area contributed by atoms with E-state index in [-0.39, 0.29) is 34.7 Å². The molecule has 0 aliphatic carbocycles. The second-order valence-electron chi connectivity index (χ2n) is 7.67. The zero-order valence-corrected chi connectivity index (χ0v) is 19.3. The molecule has 2 heterocycles. The molecule has 1 amide bonds. The van der Waals surface area contributed by atoms with Crippen molar-refractivity contribution in [3.63, 3.8) is 0 Å². The Morgan fingerprint density at radius 1 is 1.03 bits per heavy atom. The topological polar surface area (TPSA) is 43.8 Å². The number of benzene rings is 2. The Morgan fingerprint density at radius 3 is 2.52 bits per heavy atom. The van der Waals surface area contributed by atoms with Gasteiger partial charge >= 0.3 is 0 Å². The highest BCUT2D eigenvalue weighted by molar-refractivity contribution is 8.93.